The normalized spacial score (nSPS) is 25.0. The average Bonchev–Trinajstić information content (AvgIpc) is 2.61. The summed E-state index contributed by atoms with van der Waals surface area (Å²) in [6.07, 6.45) is 3.89. The third kappa shape index (κ3) is 4.36. The largest absolute Gasteiger partial charge is 0.310 e. The van der Waals surface area contributed by atoms with Crippen molar-refractivity contribution in [2.45, 2.75) is 45.2 Å². The average molecular weight is 352 g/mol. The quantitative estimate of drug-likeness (QED) is 0.885. The Morgan fingerprint density at radius 3 is 2.42 bits per heavy atom. The summed E-state index contributed by atoms with van der Waals surface area (Å²) in [5.74, 6) is 0.471. The molecule has 0 aromatic heterocycles. The molecule has 1 N–H and O–H groups in total. The van der Waals surface area contributed by atoms with Gasteiger partial charge in [-0.3, -0.25) is 0 Å². The van der Waals surface area contributed by atoms with E-state index in [1.54, 1.807) is 8.61 Å². The molecule has 1 aromatic carbocycles. The molecule has 0 amide bonds. The monoisotopic (exact) mass is 351 g/mol. The summed E-state index contributed by atoms with van der Waals surface area (Å²) in [6, 6.07) is 10.7. The van der Waals surface area contributed by atoms with Crippen LogP contribution in [0.1, 0.15) is 38.2 Å². The summed E-state index contributed by atoms with van der Waals surface area (Å²) in [6.45, 7) is 5.59. The van der Waals surface area contributed by atoms with Gasteiger partial charge in [0.25, 0.3) is 10.2 Å². The molecule has 2 heterocycles. The molecule has 2 aliphatic rings. The summed E-state index contributed by atoms with van der Waals surface area (Å²) in [5, 5.41) is 3.56. The number of benzene rings is 1. The van der Waals surface area contributed by atoms with Crippen LogP contribution < -0.4 is 5.32 Å². The lowest BCUT2D eigenvalue weighted by Crippen LogP contribution is -2.52. The number of hydrogen-bond acceptors (Lipinski definition) is 3. The fourth-order valence-electron chi connectivity index (χ4n) is 3.67. The van der Waals surface area contributed by atoms with Gasteiger partial charge in [0.15, 0.2) is 0 Å². The standard InChI is InChI=1S/C18H29N3O2S/c1-16-6-5-11-21(15-16)24(22,23)20-12-9-18(10-13-20)19-14-17-7-3-2-4-8-17/h2-4,7-8,16,18-19H,5-6,9-15H2,1H3/t16-/m1/s1. The first-order valence-corrected chi connectivity index (χ1v) is 10.5. The van der Waals surface area contributed by atoms with Crippen molar-refractivity contribution < 1.29 is 8.42 Å². The van der Waals surface area contributed by atoms with E-state index < -0.39 is 10.2 Å². The van der Waals surface area contributed by atoms with Gasteiger partial charge in [0, 0.05) is 38.8 Å². The van der Waals surface area contributed by atoms with Crippen molar-refractivity contribution in [3.8, 4) is 0 Å². The molecule has 3 rings (SSSR count). The Labute approximate surface area is 146 Å². The fourth-order valence-corrected chi connectivity index (χ4v) is 5.47. The van der Waals surface area contributed by atoms with E-state index in [1.807, 2.05) is 18.2 Å². The topological polar surface area (TPSA) is 52.7 Å². The first-order chi connectivity index (χ1) is 11.6. The van der Waals surface area contributed by atoms with Crippen LogP contribution in [0, 0.1) is 5.92 Å². The summed E-state index contributed by atoms with van der Waals surface area (Å²) >= 11 is 0. The number of hydrogen-bond donors (Lipinski definition) is 1. The highest BCUT2D eigenvalue weighted by Gasteiger charge is 2.34. The summed E-state index contributed by atoms with van der Waals surface area (Å²) in [4.78, 5) is 0. The lowest BCUT2D eigenvalue weighted by molar-refractivity contribution is 0.234. The molecule has 5 nitrogen and oxygen atoms in total. The van der Waals surface area contributed by atoms with E-state index in [-0.39, 0.29) is 0 Å². The van der Waals surface area contributed by atoms with Crippen molar-refractivity contribution in [3.05, 3.63) is 35.9 Å². The highest BCUT2D eigenvalue weighted by molar-refractivity contribution is 7.86. The number of piperidine rings is 2. The second-order valence-electron chi connectivity index (χ2n) is 7.15. The molecule has 2 fully saturated rings. The van der Waals surface area contributed by atoms with Crippen LogP contribution in [0.25, 0.3) is 0 Å². The van der Waals surface area contributed by atoms with Gasteiger partial charge in [0.05, 0.1) is 0 Å². The van der Waals surface area contributed by atoms with Crippen LogP contribution in [0.3, 0.4) is 0 Å². The Hall–Kier alpha value is -0.950. The van der Waals surface area contributed by atoms with Gasteiger partial charge in [-0.15, -0.1) is 0 Å². The third-order valence-electron chi connectivity index (χ3n) is 5.16. The zero-order valence-corrected chi connectivity index (χ0v) is 15.3. The van der Waals surface area contributed by atoms with E-state index in [0.29, 0.717) is 38.1 Å². The molecule has 1 aromatic rings. The van der Waals surface area contributed by atoms with E-state index in [4.69, 9.17) is 0 Å². The Balaban J connectivity index is 1.49. The SMILES string of the molecule is C[C@@H]1CCCN(S(=O)(=O)N2CCC(NCc3ccccc3)CC2)C1. The predicted octanol–water partition coefficient (Wildman–Crippen LogP) is 2.22. The van der Waals surface area contributed by atoms with Crippen LogP contribution in [0.15, 0.2) is 30.3 Å². The molecular weight excluding hydrogens is 322 g/mol. The van der Waals surface area contributed by atoms with E-state index in [0.717, 1.165) is 32.2 Å². The van der Waals surface area contributed by atoms with Gasteiger partial charge in [-0.1, -0.05) is 37.3 Å². The minimum absolute atomic E-state index is 0.400. The van der Waals surface area contributed by atoms with Crippen molar-refractivity contribution in [1.29, 1.82) is 0 Å². The molecular formula is C18H29N3O2S. The molecule has 0 saturated carbocycles. The van der Waals surface area contributed by atoms with Gasteiger partial charge in [-0.2, -0.15) is 17.0 Å². The van der Waals surface area contributed by atoms with Crippen molar-refractivity contribution in [2.75, 3.05) is 26.2 Å². The van der Waals surface area contributed by atoms with Crippen LogP contribution in [0.4, 0.5) is 0 Å². The molecule has 0 bridgehead atoms. The van der Waals surface area contributed by atoms with Crippen molar-refractivity contribution in [1.82, 2.24) is 13.9 Å². The van der Waals surface area contributed by atoms with E-state index in [1.165, 1.54) is 5.56 Å². The Kier molecular flexibility index (Phi) is 5.92. The molecule has 1 atom stereocenters. The molecule has 2 aliphatic heterocycles. The minimum Gasteiger partial charge on any atom is -0.310 e. The van der Waals surface area contributed by atoms with Crippen LogP contribution in [0.2, 0.25) is 0 Å². The Bertz CT molecular complexity index is 612. The zero-order chi connectivity index (χ0) is 17.0. The van der Waals surface area contributed by atoms with Gasteiger partial charge in [0.1, 0.15) is 0 Å². The van der Waals surface area contributed by atoms with Crippen LogP contribution in [-0.2, 0) is 16.8 Å². The Morgan fingerprint density at radius 1 is 1.04 bits per heavy atom. The van der Waals surface area contributed by atoms with Crippen molar-refractivity contribution in [3.63, 3.8) is 0 Å². The summed E-state index contributed by atoms with van der Waals surface area (Å²) in [7, 11) is -3.27. The maximum absolute atomic E-state index is 12.8. The van der Waals surface area contributed by atoms with Gasteiger partial charge < -0.3 is 5.32 Å². The molecule has 134 valence electrons. The minimum atomic E-state index is -3.27. The Morgan fingerprint density at radius 2 is 1.75 bits per heavy atom. The second kappa shape index (κ2) is 7.95. The number of nitrogens with one attached hydrogen (secondary N) is 1. The highest BCUT2D eigenvalue weighted by Crippen LogP contribution is 2.23. The molecule has 6 heteroatoms. The van der Waals surface area contributed by atoms with Gasteiger partial charge >= 0.3 is 0 Å². The van der Waals surface area contributed by atoms with Crippen LogP contribution in [-0.4, -0.2) is 49.2 Å². The highest BCUT2D eigenvalue weighted by atomic mass is 32.2. The summed E-state index contributed by atoms with van der Waals surface area (Å²) in [5.41, 5.74) is 1.27. The van der Waals surface area contributed by atoms with Gasteiger partial charge in [0.2, 0.25) is 0 Å². The van der Waals surface area contributed by atoms with E-state index >= 15 is 0 Å². The summed E-state index contributed by atoms with van der Waals surface area (Å²) < 4.78 is 29.0. The first kappa shape index (κ1) is 17.9. The van der Waals surface area contributed by atoms with Crippen molar-refractivity contribution in [2.24, 2.45) is 5.92 Å². The maximum Gasteiger partial charge on any atom is 0.281 e. The lowest BCUT2D eigenvalue weighted by atomic mass is 10.0. The molecule has 24 heavy (non-hydrogen) atoms. The molecule has 0 aliphatic carbocycles. The third-order valence-corrected chi connectivity index (χ3v) is 7.17. The zero-order valence-electron chi connectivity index (χ0n) is 14.5. The molecule has 0 unspecified atom stereocenters. The number of rotatable bonds is 5. The predicted molar refractivity (Wildman–Crippen MR) is 96.8 cm³/mol. The fraction of sp³-hybridized carbons (Fsp3) is 0.667. The smallest absolute Gasteiger partial charge is 0.281 e. The molecule has 0 spiro atoms. The van der Waals surface area contributed by atoms with Crippen molar-refractivity contribution >= 4 is 10.2 Å². The van der Waals surface area contributed by atoms with Gasteiger partial charge in [-0.25, -0.2) is 0 Å². The first-order valence-electron chi connectivity index (χ1n) is 9.08. The molecule has 2 saturated heterocycles. The molecule has 0 radical (unpaired) electrons. The van der Waals surface area contributed by atoms with E-state index in [2.05, 4.69) is 24.4 Å². The number of nitrogens with zero attached hydrogens (tertiary/aromatic N) is 2. The lowest BCUT2D eigenvalue weighted by Gasteiger charge is -2.37. The second-order valence-corrected chi connectivity index (χ2v) is 9.08. The van der Waals surface area contributed by atoms with Gasteiger partial charge in [-0.05, 0) is 37.2 Å². The van der Waals surface area contributed by atoms with Crippen LogP contribution >= 0.6 is 0 Å². The maximum atomic E-state index is 12.8. The van der Waals surface area contributed by atoms with E-state index in [9.17, 15) is 8.42 Å². The van der Waals surface area contributed by atoms with Crippen LogP contribution in [0.5, 0.6) is 0 Å².